The number of Topliss-reactive ketones (excluding diaryl/α,β-unsaturated/α-hetero) is 1. The molecule has 5 nitrogen and oxygen atoms in total. The van der Waals surface area contributed by atoms with Gasteiger partial charge in [0.15, 0.2) is 6.10 Å². The number of carbonyl (C=O) groups excluding carboxylic acids is 3. The van der Waals surface area contributed by atoms with Gasteiger partial charge in [0.2, 0.25) is 11.7 Å². The molecule has 0 unspecified atom stereocenters. The number of amides is 1. The van der Waals surface area contributed by atoms with Crippen molar-refractivity contribution in [3.8, 4) is 0 Å². The molecule has 2 aromatic rings. The number of hydrogen-bond donors (Lipinski definition) is 1. The average Bonchev–Trinajstić information content (AvgIpc) is 2.81. The third-order valence-electron chi connectivity index (χ3n) is 3.86. The Kier molecular flexibility index (Phi) is 5.64. The van der Waals surface area contributed by atoms with Crippen molar-refractivity contribution in [2.45, 2.75) is 24.3 Å². The predicted molar refractivity (Wildman–Crippen MR) is 101 cm³/mol. The SMILES string of the molecule is C[C@@H](OC(=O)c1ccc2c(c1)NC(=O)CCS2)C(=O)c1ccc(Cl)cc1. The Morgan fingerprint density at radius 3 is 2.58 bits per heavy atom. The van der Waals surface area contributed by atoms with Gasteiger partial charge in [-0.05, 0) is 49.4 Å². The van der Waals surface area contributed by atoms with Crippen molar-refractivity contribution in [2.75, 3.05) is 11.1 Å². The quantitative estimate of drug-likeness (QED) is 0.626. The topological polar surface area (TPSA) is 72.5 Å². The first kappa shape index (κ1) is 18.5. The van der Waals surface area contributed by atoms with Crippen LogP contribution in [0.2, 0.25) is 5.02 Å². The van der Waals surface area contributed by atoms with Gasteiger partial charge in [-0.15, -0.1) is 11.8 Å². The number of nitrogens with one attached hydrogen (secondary N) is 1. The normalized spacial score (nSPS) is 14.6. The van der Waals surface area contributed by atoms with Crippen molar-refractivity contribution >= 4 is 46.7 Å². The zero-order valence-electron chi connectivity index (χ0n) is 14.0. The minimum Gasteiger partial charge on any atom is -0.451 e. The molecule has 0 spiro atoms. The van der Waals surface area contributed by atoms with Crippen molar-refractivity contribution in [3.63, 3.8) is 0 Å². The third kappa shape index (κ3) is 4.26. The number of thioether (sulfide) groups is 1. The van der Waals surface area contributed by atoms with Gasteiger partial charge in [-0.2, -0.15) is 0 Å². The van der Waals surface area contributed by atoms with E-state index in [4.69, 9.17) is 16.3 Å². The highest BCUT2D eigenvalue weighted by Crippen LogP contribution is 2.31. The third-order valence-corrected chi connectivity index (χ3v) is 5.19. The Bertz CT molecular complexity index is 866. The molecule has 0 saturated heterocycles. The van der Waals surface area contributed by atoms with Crippen molar-refractivity contribution in [1.82, 2.24) is 0 Å². The Hall–Kier alpha value is -2.31. The van der Waals surface area contributed by atoms with E-state index in [1.165, 1.54) is 6.92 Å². The monoisotopic (exact) mass is 389 g/mol. The summed E-state index contributed by atoms with van der Waals surface area (Å²) >= 11 is 7.36. The standard InChI is InChI=1S/C19H16ClNO4S/c1-11(18(23)12-2-5-14(20)6-3-12)25-19(24)13-4-7-16-15(10-13)21-17(22)8-9-26-16/h2-7,10-11H,8-9H2,1H3,(H,21,22)/t11-/m1/s1. The summed E-state index contributed by atoms with van der Waals surface area (Å²) in [5.74, 6) is -0.331. The second-order valence-corrected chi connectivity index (χ2v) is 7.35. The predicted octanol–water partition coefficient (Wildman–Crippen LogP) is 4.20. The molecule has 0 bridgehead atoms. The zero-order valence-corrected chi connectivity index (χ0v) is 15.5. The van der Waals surface area contributed by atoms with Crippen molar-refractivity contribution in [3.05, 3.63) is 58.6 Å². The first-order valence-corrected chi connectivity index (χ1v) is 9.38. The van der Waals surface area contributed by atoms with E-state index in [1.807, 2.05) is 0 Å². The lowest BCUT2D eigenvalue weighted by Gasteiger charge is -2.14. The molecule has 0 radical (unpaired) electrons. The summed E-state index contributed by atoms with van der Waals surface area (Å²) in [7, 11) is 0. The van der Waals surface area contributed by atoms with Crippen LogP contribution in [-0.2, 0) is 9.53 Å². The van der Waals surface area contributed by atoms with Crippen LogP contribution in [0.25, 0.3) is 0 Å². The summed E-state index contributed by atoms with van der Waals surface area (Å²) in [4.78, 5) is 37.3. The molecule has 1 amide bonds. The van der Waals surface area contributed by atoms with Crippen LogP contribution in [0, 0.1) is 0 Å². The molecule has 7 heteroatoms. The Morgan fingerprint density at radius 2 is 1.85 bits per heavy atom. The maximum Gasteiger partial charge on any atom is 0.338 e. The van der Waals surface area contributed by atoms with Gasteiger partial charge in [0.1, 0.15) is 0 Å². The smallest absolute Gasteiger partial charge is 0.338 e. The second kappa shape index (κ2) is 7.93. The van der Waals surface area contributed by atoms with Gasteiger partial charge >= 0.3 is 5.97 Å². The molecule has 134 valence electrons. The number of ether oxygens (including phenoxy) is 1. The van der Waals surface area contributed by atoms with Crippen LogP contribution in [0.3, 0.4) is 0 Å². The van der Waals surface area contributed by atoms with E-state index in [-0.39, 0.29) is 17.3 Å². The maximum absolute atomic E-state index is 12.4. The van der Waals surface area contributed by atoms with E-state index >= 15 is 0 Å². The molecular formula is C19H16ClNO4S. The molecule has 1 aliphatic heterocycles. The van der Waals surface area contributed by atoms with Crippen LogP contribution in [0.15, 0.2) is 47.4 Å². The number of fused-ring (bicyclic) bond motifs is 1. The molecule has 0 aromatic heterocycles. The summed E-state index contributed by atoms with van der Waals surface area (Å²) in [5.41, 5.74) is 1.28. The lowest BCUT2D eigenvalue weighted by atomic mass is 10.1. The number of esters is 1. The fourth-order valence-electron chi connectivity index (χ4n) is 2.48. The van der Waals surface area contributed by atoms with Crippen LogP contribution in [0.1, 0.15) is 34.1 Å². The number of carbonyl (C=O) groups is 3. The molecular weight excluding hydrogens is 374 g/mol. The van der Waals surface area contributed by atoms with E-state index in [0.29, 0.717) is 28.4 Å². The van der Waals surface area contributed by atoms with E-state index < -0.39 is 12.1 Å². The summed E-state index contributed by atoms with van der Waals surface area (Å²) < 4.78 is 5.29. The van der Waals surface area contributed by atoms with Gasteiger partial charge < -0.3 is 10.1 Å². The molecule has 1 heterocycles. The van der Waals surface area contributed by atoms with Crippen LogP contribution in [0.5, 0.6) is 0 Å². The van der Waals surface area contributed by atoms with Crippen LogP contribution < -0.4 is 5.32 Å². The minimum atomic E-state index is -0.938. The first-order chi connectivity index (χ1) is 12.4. The van der Waals surface area contributed by atoms with Gasteiger partial charge in [0.25, 0.3) is 0 Å². The van der Waals surface area contributed by atoms with E-state index in [9.17, 15) is 14.4 Å². The lowest BCUT2D eigenvalue weighted by molar-refractivity contribution is -0.115. The largest absolute Gasteiger partial charge is 0.451 e. The van der Waals surface area contributed by atoms with Gasteiger partial charge in [0.05, 0.1) is 11.3 Å². The minimum absolute atomic E-state index is 0.0898. The Labute approximate surface area is 160 Å². The van der Waals surface area contributed by atoms with Gasteiger partial charge in [-0.25, -0.2) is 4.79 Å². The highest BCUT2D eigenvalue weighted by molar-refractivity contribution is 7.99. The summed E-state index contributed by atoms with van der Waals surface area (Å²) in [5, 5.41) is 3.30. The number of benzene rings is 2. The fraction of sp³-hybridized carbons (Fsp3) is 0.211. The van der Waals surface area contributed by atoms with Gasteiger partial charge in [-0.1, -0.05) is 11.6 Å². The maximum atomic E-state index is 12.4. The molecule has 0 fully saturated rings. The molecule has 26 heavy (non-hydrogen) atoms. The van der Waals surface area contributed by atoms with Gasteiger partial charge in [0, 0.05) is 27.7 Å². The summed E-state index contributed by atoms with van der Waals surface area (Å²) in [6.07, 6.45) is -0.516. The van der Waals surface area contributed by atoms with E-state index in [2.05, 4.69) is 5.32 Å². The Morgan fingerprint density at radius 1 is 1.15 bits per heavy atom. The van der Waals surface area contributed by atoms with Crippen LogP contribution >= 0.6 is 23.4 Å². The molecule has 3 rings (SSSR count). The summed E-state index contributed by atoms with van der Waals surface area (Å²) in [6, 6.07) is 11.4. The van der Waals surface area contributed by atoms with Crippen molar-refractivity contribution in [2.24, 2.45) is 0 Å². The second-order valence-electron chi connectivity index (χ2n) is 5.78. The first-order valence-electron chi connectivity index (χ1n) is 8.01. The number of anilines is 1. The molecule has 1 aliphatic rings. The van der Waals surface area contributed by atoms with E-state index in [0.717, 1.165) is 4.90 Å². The number of ketones is 1. The highest BCUT2D eigenvalue weighted by atomic mass is 35.5. The van der Waals surface area contributed by atoms with Crippen LogP contribution in [0.4, 0.5) is 5.69 Å². The zero-order chi connectivity index (χ0) is 18.7. The van der Waals surface area contributed by atoms with Gasteiger partial charge in [-0.3, -0.25) is 9.59 Å². The molecule has 0 saturated carbocycles. The molecule has 2 aromatic carbocycles. The number of halogens is 1. The van der Waals surface area contributed by atoms with E-state index in [1.54, 1.807) is 54.2 Å². The molecule has 1 atom stereocenters. The van der Waals surface area contributed by atoms with Crippen LogP contribution in [-0.4, -0.2) is 29.5 Å². The van der Waals surface area contributed by atoms with Crippen molar-refractivity contribution in [1.29, 1.82) is 0 Å². The number of hydrogen-bond acceptors (Lipinski definition) is 5. The number of rotatable bonds is 4. The summed E-state index contributed by atoms with van der Waals surface area (Å²) in [6.45, 7) is 1.52. The lowest BCUT2D eigenvalue weighted by Crippen LogP contribution is -2.24. The van der Waals surface area contributed by atoms with Crippen molar-refractivity contribution < 1.29 is 19.1 Å². The molecule has 1 N–H and O–H groups in total. The fourth-order valence-corrected chi connectivity index (χ4v) is 3.54. The molecule has 0 aliphatic carbocycles. The average molecular weight is 390 g/mol. The highest BCUT2D eigenvalue weighted by Gasteiger charge is 2.22. The Balaban J connectivity index is 1.72.